The fourth-order valence-corrected chi connectivity index (χ4v) is 3.73. The second-order valence-electron chi connectivity index (χ2n) is 7.02. The quantitative estimate of drug-likeness (QED) is 0.296. The number of guanidine groups is 1. The first-order valence-corrected chi connectivity index (χ1v) is 11.2. The number of nitrogens with zero attached hydrogens (tertiary/aromatic N) is 5. The molecule has 0 bridgehead atoms. The molecule has 0 amide bonds. The molecule has 160 valence electrons. The lowest BCUT2D eigenvalue weighted by atomic mass is 10.2. The largest absolute Gasteiger partial charge is 0.372 e. The predicted octanol–water partition coefficient (Wildman–Crippen LogP) is 3.34. The number of hydrogen-bond acceptors (Lipinski definition) is 5. The normalized spacial score (nSPS) is 11.5. The molecule has 7 nitrogen and oxygen atoms in total. The van der Waals surface area contributed by atoms with E-state index in [1.165, 1.54) is 10.6 Å². The van der Waals surface area contributed by atoms with Gasteiger partial charge in [0.1, 0.15) is 12.4 Å². The van der Waals surface area contributed by atoms with Crippen molar-refractivity contribution in [2.45, 2.75) is 33.4 Å². The number of para-hydroxylation sites is 1. The van der Waals surface area contributed by atoms with Crippen molar-refractivity contribution in [1.82, 2.24) is 25.4 Å². The third-order valence-electron chi connectivity index (χ3n) is 4.97. The molecule has 0 saturated carbocycles. The zero-order valence-electron chi connectivity index (χ0n) is 18.0. The SMILES string of the molecule is CCN(CCCNC(=NCc1nnc(C)n1C)NCc1cccs1)c1ccccc1. The third kappa shape index (κ3) is 6.32. The number of thiophene rings is 1. The Bertz CT molecular complexity index is 903. The Morgan fingerprint density at radius 1 is 1.13 bits per heavy atom. The topological polar surface area (TPSA) is 70.4 Å². The van der Waals surface area contributed by atoms with Crippen molar-refractivity contribution in [2.75, 3.05) is 24.5 Å². The average Bonchev–Trinajstić information content (AvgIpc) is 3.41. The van der Waals surface area contributed by atoms with Crippen LogP contribution in [0.2, 0.25) is 0 Å². The highest BCUT2D eigenvalue weighted by Crippen LogP contribution is 2.12. The first-order chi connectivity index (χ1) is 14.7. The van der Waals surface area contributed by atoms with E-state index < -0.39 is 0 Å². The van der Waals surface area contributed by atoms with Crippen molar-refractivity contribution >= 4 is 23.0 Å². The molecule has 2 heterocycles. The lowest BCUT2D eigenvalue weighted by Gasteiger charge is -2.23. The number of rotatable bonds is 10. The van der Waals surface area contributed by atoms with Crippen LogP contribution in [0.3, 0.4) is 0 Å². The molecule has 0 unspecified atom stereocenters. The Labute approximate surface area is 182 Å². The highest BCUT2D eigenvalue weighted by molar-refractivity contribution is 7.09. The van der Waals surface area contributed by atoms with Crippen LogP contribution in [-0.2, 0) is 20.1 Å². The Morgan fingerprint density at radius 2 is 1.97 bits per heavy atom. The van der Waals surface area contributed by atoms with Gasteiger partial charge < -0.3 is 20.1 Å². The van der Waals surface area contributed by atoms with Crippen LogP contribution in [0.4, 0.5) is 5.69 Å². The van der Waals surface area contributed by atoms with Gasteiger partial charge in [0.15, 0.2) is 11.8 Å². The van der Waals surface area contributed by atoms with E-state index in [1.54, 1.807) is 11.3 Å². The summed E-state index contributed by atoms with van der Waals surface area (Å²) >= 11 is 1.74. The molecule has 0 spiro atoms. The molecule has 3 rings (SSSR count). The van der Waals surface area contributed by atoms with Crippen LogP contribution in [0.15, 0.2) is 52.8 Å². The maximum atomic E-state index is 4.72. The molecule has 1 aromatic carbocycles. The molecule has 2 aromatic heterocycles. The van der Waals surface area contributed by atoms with Gasteiger partial charge in [-0.25, -0.2) is 4.99 Å². The second-order valence-corrected chi connectivity index (χ2v) is 8.05. The van der Waals surface area contributed by atoms with E-state index in [0.717, 1.165) is 50.2 Å². The van der Waals surface area contributed by atoms with Gasteiger partial charge in [0.05, 0.1) is 6.54 Å². The molecule has 8 heteroatoms. The van der Waals surface area contributed by atoms with Crippen LogP contribution in [0.1, 0.15) is 29.9 Å². The number of aryl methyl sites for hydroxylation is 1. The van der Waals surface area contributed by atoms with E-state index in [0.29, 0.717) is 6.54 Å². The molecule has 0 fully saturated rings. The Morgan fingerprint density at radius 3 is 2.63 bits per heavy atom. The summed E-state index contributed by atoms with van der Waals surface area (Å²) in [5.74, 6) is 2.54. The molecule has 0 saturated heterocycles. The zero-order chi connectivity index (χ0) is 21.2. The fourth-order valence-electron chi connectivity index (χ4n) is 3.08. The van der Waals surface area contributed by atoms with Crippen LogP contribution in [-0.4, -0.2) is 40.4 Å². The van der Waals surface area contributed by atoms with E-state index in [-0.39, 0.29) is 0 Å². The molecule has 0 atom stereocenters. The number of aromatic nitrogens is 3. The van der Waals surface area contributed by atoms with Crippen LogP contribution >= 0.6 is 11.3 Å². The zero-order valence-corrected chi connectivity index (χ0v) is 18.8. The summed E-state index contributed by atoms with van der Waals surface area (Å²) in [6.45, 7) is 8.22. The van der Waals surface area contributed by atoms with E-state index in [2.05, 4.69) is 80.5 Å². The summed E-state index contributed by atoms with van der Waals surface area (Å²) in [7, 11) is 1.97. The standard InChI is InChI=1S/C22H31N7S/c1-4-29(19-10-6-5-7-11-19)14-9-13-23-22(24-16-20-12-8-15-30-20)25-17-21-27-26-18(2)28(21)3/h5-8,10-12,15H,4,9,13-14,16-17H2,1-3H3,(H2,23,24,25). The summed E-state index contributed by atoms with van der Waals surface area (Å²) < 4.78 is 1.97. The van der Waals surface area contributed by atoms with Crippen LogP contribution in [0.25, 0.3) is 0 Å². The molecule has 30 heavy (non-hydrogen) atoms. The number of nitrogens with one attached hydrogen (secondary N) is 2. The van der Waals surface area contributed by atoms with Gasteiger partial charge in [-0.3, -0.25) is 0 Å². The summed E-state index contributed by atoms with van der Waals surface area (Å²) in [6, 6.07) is 14.7. The first-order valence-electron chi connectivity index (χ1n) is 10.4. The van der Waals surface area contributed by atoms with Crippen LogP contribution in [0, 0.1) is 6.92 Å². The molecule has 3 aromatic rings. The van der Waals surface area contributed by atoms with Gasteiger partial charge in [-0.1, -0.05) is 24.3 Å². The van der Waals surface area contributed by atoms with Gasteiger partial charge in [0.2, 0.25) is 0 Å². The lowest BCUT2D eigenvalue weighted by molar-refractivity contribution is 0.702. The summed E-state index contributed by atoms with van der Waals surface area (Å²) in [6.07, 6.45) is 1.02. The average molecular weight is 426 g/mol. The Balaban J connectivity index is 1.54. The maximum Gasteiger partial charge on any atom is 0.192 e. The minimum atomic E-state index is 0.488. The van der Waals surface area contributed by atoms with Gasteiger partial charge in [0, 0.05) is 37.2 Å². The number of anilines is 1. The molecule has 2 N–H and O–H groups in total. The van der Waals surface area contributed by atoms with Gasteiger partial charge in [0.25, 0.3) is 0 Å². The van der Waals surface area contributed by atoms with Gasteiger partial charge in [-0.05, 0) is 43.8 Å². The molecule has 0 aliphatic heterocycles. The summed E-state index contributed by atoms with van der Waals surface area (Å²) in [5, 5.41) is 17.3. The Kier molecular flexibility index (Phi) is 8.26. The van der Waals surface area contributed by atoms with E-state index in [9.17, 15) is 0 Å². The lowest BCUT2D eigenvalue weighted by Crippen LogP contribution is -2.38. The maximum absolute atomic E-state index is 4.72. The number of aliphatic imine (C=N–C) groups is 1. The van der Waals surface area contributed by atoms with Crippen LogP contribution in [0.5, 0.6) is 0 Å². The van der Waals surface area contributed by atoms with Crippen LogP contribution < -0.4 is 15.5 Å². The highest BCUT2D eigenvalue weighted by atomic mass is 32.1. The Hall–Kier alpha value is -2.87. The van der Waals surface area contributed by atoms with E-state index in [1.807, 2.05) is 18.5 Å². The molecule has 0 aliphatic carbocycles. The second kappa shape index (κ2) is 11.3. The number of benzene rings is 1. The smallest absolute Gasteiger partial charge is 0.192 e. The minimum absolute atomic E-state index is 0.488. The van der Waals surface area contributed by atoms with Gasteiger partial charge >= 0.3 is 0 Å². The minimum Gasteiger partial charge on any atom is -0.372 e. The summed E-state index contributed by atoms with van der Waals surface area (Å²) in [5.41, 5.74) is 1.27. The number of hydrogen-bond donors (Lipinski definition) is 2. The third-order valence-corrected chi connectivity index (χ3v) is 5.85. The van der Waals surface area contributed by atoms with Gasteiger partial charge in [-0.2, -0.15) is 0 Å². The molecular weight excluding hydrogens is 394 g/mol. The monoisotopic (exact) mass is 425 g/mol. The van der Waals surface area contributed by atoms with E-state index >= 15 is 0 Å². The summed E-state index contributed by atoms with van der Waals surface area (Å²) in [4.78, 5) is 8.39. The van der Waals surface area contributed by atoms with Crippen molar-refractivity contribution in [1.29, 1.82) is 0 Å². The van der Waals surface area contributed by atoms with Gasteiger partial charge in [-0.15, -0.1) is 21.5 Å². The van der Waals surface area contributed by atoms with Crippen molar-refractivity contribution in [3.8, 4) is 0 Å². The fraction of sp³-hybridized carbons (Fsp3) is 0.409. The molecular formula is C22H31N7S. The first kappa shape index (κ1) is 21.8. The van der Waals surface area contributed by atoms with E-state index in [4.69, 9.17) is 4.99 Å². The molecule has 0 aliphatic rings. The molecule has 0 radical (unpaired) electrons. The van der Waals surface area contributed by atoms with Crippen molar-refractivity contribution in [3.05, 3.63) is 64.4 Å². The van der Waals surface area contributed by atoms with Crippen molar-refractivity contribution < 1.29 is 0 Å². The predicted molar refractivity (Wildman–Crippen MR) is 125 cm³/mol. The highest BCUT2D eigenvalue weighted by Gasteiger charge is 2.07. The van der Waals surface area contributed by atoms with Crippen molar-refractivity contribution in [2.24, 2.45) is 12.0 Å². The van der Waals surface area contributed by atoms with Crippen molar-refractivity contribution in [3.63, 3.8) is 0 Å².